The Labute approximate surface area is 104 Å². The maximum atomic E-state index is 9.86. The van der Waals surface area contributed by atoms with Gasteiger partial charge in [0.2, 0.25) is 0 Å². The minimum atomic E-state index is 0.361. The van der Waals surface area contributed by atoms with E-state index >= 15 is 0 Å². The lowest BCUT2D eigenvalue weighted by atomic mass is 10.0. The third-order valence-electron chi connectivity index (χ3n) is 3.00. The average Bonchev–Trinajstić information content (AvgIpc) is 2.35. The van der Waals surface area contributed by atoms with Gasteiger partial charge in [-0.05, 0) is 52.1 Å². The standard InChI is InChI=1S/C15H12OS/c1-17-15-9-13-7-11-5-3-2-4-10(11)6-12(13)8-14(15)16/h2-9,16H,1H3. The van der Waals surface area contributed by atoms with Crippen LogP contribution >= 0.6 is 11.8 Å². The van der Waals surface area contributed by atoms with Gasteiger partial charge in [0.25, 0.3) is 0 Å². The van der Waals surface area contributed by atoms with Crippen molar-refractivity contribution in [1.29, 1.82) is 0 Å². The number of phenolic OH excluding ortho intramolecular Hbond substituents is 1. The van der Waals surface area contributed by atoms with E-state index in [9.17, 15) is 5.11 Å². The first-order chi connectivity index (χ1) is 8.28. The van der Waals surface area contributed by atoms with Gasteiger partial charge in [-0.15, -0.1) is 11.8 Å². The van der Waals surface area contributed by atoms with Crippen molar-refractivity contribution in [3.05, 3.63) is 48.5 Å². The number of rotatable bonds is 1. The van der Waals surface area contributed by atoms with Crippen LogP contribution in [0.25, 0.3) is 21.5 Å². The highest BCUT2D eigenvalue weighted by molar-refractivity contribution is 7.98. The lowest BCUT2D eigenvalue weighted by Gasteiger charge is -2.06. The van der Waals surface area contributed by atoms with Crippen LogP contribution < -0.4 is 0 Å². The Morgan fingerprint density at radius 3 is 2.00 bits per heavy atom. The first-order valence-corrected chi connectivity index (χ1v) is 6.70. The predicted molar refractivity (Wildman–Crippen MR) is 74.9 cm³/mol. The molecule has 0 aliphatic carbocycles. The van der Waals surface area contributed by atoms with Gasteiger partial charge in [0.05, 0.1) is 0 Å². The van der Waals surface area contributed by atoms with E-state index in [1.807, 2.05) is 30.5 Å². The van der Waals surface area contributed by atoms with Gasteiger partial charge >= 0.3 is 0 Å². The molecular formula is C15H12OS. The first-order valence-electron chi connectivity index (χ1n) is 5.47. The van der Waals surface area contributed by atoms with Crippen molar-refractivity contribution in [2.24, 2.45) is 0 Å². The van der Waals surface area contributed by atoms with E-state index in [2.05, 4.69) is 24.3 Å². The Hall–Kier alpha value is -1.67. The average molecular weight is 240 g/mol. The second-order valence-corrected chi connectivity index (χ2v) is 4.92. The topological polar surface area (TPSA) is 20.2 Å². The van der Waals surface area contributed by atoms with Crippen LogP contribution in [-0.2, 0) is 0 Å². The summed E-state index contributed by atoms with van der Waals surface area (Å²) in [6.07, 6.45) is 1.97. The van der Waals surface area contributed by atoms with Gasteiger partial charge in [0.1, 0.15) is 5.75 Å². The molecule has 2 heteroatoms. The van der Waals surface area contributed by atoms with Crippen LogP contribution in [-0.4, -0.2) is 11.4 Å². The second-order valence-electron chi connectivity index (χ2n) is 4.07. The molecule has 3 rings (SSSR count). The summed E-state index contributed by atoms with van der Waals surface area (Å²) in [7, 11) is 0. The number of hydrogen-bond acceptors (Lipinski definition) is 2. The summed E-state index contributed by atoms with van der Waals surface area (Å²) < 4.78 is 0. The monoisotopic (exact) mass is 240 g/mol. The molecule has 0 fully saturated rings. The highest BCUT2D eigenvalue weighted by Crippen LogP contribution is 2.33. The summed E-state index contributed by atoms with van der Waals surface area (Å²) in [5, 5.41) is 14.6. The molecule has 0 saturated carbocycles. The molecule has 0 radical (unpaired) electrons. The lowest BCUT2D eigenvalue weighted by Crippen LogP contribution is -1.79. The molecule has 1 nitrogen and oxygen atoms in total. The molecule has 1 N–H and O–H groups in total. The van der Waals surface area contributed by atoms with E-state index in [4.69, 9.17) is 0 Å². The van der Waals surface area contributed by atoms with Crippen LogP contribution in [0, 0.1) is 0 Å². The summed E-state index contributed by atoms with van der Waals surface area (Å²) in [4.78, 5) is 0.924. The van der Waals surface area contributed by atoms with Crippen molar-refractivity contribution in [1.82, 2.24) is 0 Å². The molecule has 84 valence electrons. The number of phenols is 1. The Kier molecular flexibility index (Phi) is 2.45. The summed E-state index contributed by atoms with van der Waals surface area (Å²) in [6.45, 7) is 0. The Morgan fingerprint density at radius 1 is 0.824 bits per heavy atom. The fourth-order valence-corrected chi connectivity index (χ4v) is 2.64. The quantitative estimate of drug-likeness (QED) is 0.502. The molecule has 0 amide bonds. The van der Waals surface area contributed by atoms with E-state index in [0.717, 1.165) is 10.3 Å². The van der Waals surface area contributed by atoms with Crippen molar-refractivity contribution in [2.45, 2.75) is 4.90 Å². The Balaban J connectivity index is 2.40. The van der Waals surface area contributed by atoms with Crippen molar-refractivity contribution in [2.75, 3.05) is 6.26 Å². The van der Waals surface area contributed by atoms with Gasteiger partial charge in [-0.25, -0.2) is 0 Å². The van der Waals surface area contributed by atoms with Gasteiger partial charge in [-0.1, -0.05) is 24.3 Å². The molecule has 0 bridgehead atoms. The van der Waals surface area contributed by atoms with Crippen molar-refractivity contribution in [3.63, 3.8) is 0 Å². The Morgan fingerprint density at radius 2 is 1.41 bits per heavy atom. The lowest BCUT2D eigenvalue weighted by molar-refractivity contribution is 0.463. The van der Waals surface area contributed by atoms with Crippen LogP contribution in [0.1, 0.15) is 0 Å². The van der Waals surface area contributed by atoms with Crippen molar-refractivity contribution >= 4 is 33.3 Å². The third kappa shape index (κ3) is 1.75. The highest BCUT2D eigenvalue weighted by Gasteiger charge is 2.04. The normalized spacial score (nSPS) is 11.1. The molecule has 0 spiro atoms. The van der Waals surface area contributed by atoms with Crippen LogP contribution in [0.4, 0.5) is 0 Å². The van der Waals surface area contributed by atoms with Crippen LogP contribution in [0.5, 0.6) is 5.75 Å². The summed E-state index contributed by atoms with van der Waals surface area (Å²) in [6, 6.07) is 16.5. The number of fused-ring (bicyclic) bond motifs is 2. The van der Waals surface area contributed by atoms with Gasteiger partial charge < -0.3 is 5.11 Å². The molecule has 3 aromatic carbocycles. The van der Waals surface area contributed by atoms with Crippen LogP contribution in [0.15, 0.2) is 53.4 Å². The van der Waals surface area contributed by atoms with Gasteiger partial charge in [0, 0.05) is 4.90 Å². The fraction of sp³-hybridized carbons (Fsp3) is 0.0667. The number of aromatic hydroxyl groups is 1. The number of benzene rings is 3. The van der Waals surface area contributed by atoms with Gasteiger partial charge in [-0.3, -0.25) is 0 Å². The zero-order chi connectivity index (χ0) is 11.8. The first kappa shape index (κ1) is 10.5. The van der Waals surface area contributed by atoms with E-state index < -0.39 is 0 Å². The number of hydrogen-bond donors (Lipinski definition) is 1. The van der Waals surface area contributed by atoms with Gasteiger partial charge in [-0.2, -0.15) is 0 Å². The maximum Gasteiger partial charge on any atom is 0.129 e. The second kappa shape index (κ2) is 3.97. The predicted octanol–water partition coefficient (Wildman–Crippen LogP) is 4.42. The molecule has 3 aromatic rings. The van der Waals surface area contributed by atoms with Crippen molar-refractivity contribution in [3.8, 4) is 5.75 Å². The smallest absolute Gasteiger partial charge is 0.129 e. The van der Waals surface area contributed by atoms with E-state index in [-0.39, 0.29) is 0 Å². The number of thioether (sulfide) groups is 1. The minimum absolute atomic E-state index is 0.361. The summed E-state index contributed by atoms with van der Waals surface area (Å²) in [5.74, 6) is 0.361. The van der Waals surface area contributed by atoms with E-state index in [1.165, 1.54) is 16.2 Å². The molecule has 17 heavy (non-hydrogen) atoms. The zero-order valence-electron chi connectivity index (χ0n) is 9.47. The van der Waals surface area contributed by atoms with Crippen LogP contribution in [0.3, 0.4) is 0 Å². The molecule has 0 aromatic heterocycles. The highest BCUT2D eigenvalue weighted by atomic mass is 32.2. The molecule has 0 atom stereocenters. The molecule has 0 unspecified atom stereocenters. The molecule has 0 heterocycles. The maximum absolute atomic E-state index is 9.86. The minimum Gasteiger partial charge on any atom is -0.507 e. The molecule has 0 saturated heterocycles. The van der Waals surface area contributed by atoms with Gasteiger partial charge in [0.15, 0.2) is 0 Å². The molecule has 0 aliphatic heterocycles. The zero-order valence-corrected chi connectivity index (χ0v) is 10.3. The largest absolute Gasteiger partial charge is 0.507 e. The summed E-state index contributed by atoms with van der Waals surface area (Å²) in [5.41, 5.74) is 0. The third-order valence-corrected chi connectivity index (χ3v) is 3.77. The van der Waals surface area contributed by atoms with E-state index in [1.54, 1.807) is 11.8 Å². The summed E-state index contributed by atoms with van der Waals surface area (Å²) >= 11 is 1.57. The van der Waals surface area contributed by atoms with E-state index in [0.29, 0.717) is 5.75 Å². The molecule has 0 aliphatic rings. The SMILES string of the molecule is CSc1cc2cc3ccccc3cc2cc1O. The molecular weight excluding hydrogens is 228 g/mol. The van der Waals surface area contributed by atoms with Crippen LogP contribution in [0.2, 0.25) is 0 Å². The Bertz CT molecular complexity index is 704. The van der Waals surface area contributed by atoms with Crippen molar-refractivity contribution < 1.29 is 5.11 Å². The fourth-order valence-electron chi connectivity index (χ4n) is 2.12.